The van der Waals surface area contributed by atoms with E-state index in [9.17, 15) is 18.0 Å². The SMILES string of the molecule is COc1ccc(C(=O)NNc2ccccc2C(F)(F)F)cc1OC. The lowest BCUT2D eigenvalue weighted by Gasteiger charge is -2.15. The normalized spacial score (nSPS) is 10.9. The van der Waals surface area contributed by atoms with Crippen molar-refractivity contribution in [2.75, 3.05) is 19.6 Å². The van der Waals surface area contributed by atoms with Crippen molar-refractivity contribution in [1.29, 1.82) is 0 Å². The van der Waals surface area contributed by atoms with Crippen LogP contribution >= 0.6 is 0 Å². The standard InChI is InChI=1S/C16H15F3N2O3/c1-23-13-8-7-10(9-14(13)24-2)15(22)21-20-12-6-4-3-5-11(12)16(17,18)19/h3-9,20H,1-2H3,(H,21,22). The molecule has 0 spiro atoms. The quantitative estimate of drug-likeness (QED) is 0.818. The molecule has 0 saturated carbocycles. The zero-order valence-corrected chi connectivity index (χ0v) is 12.9. The zero-order valence-electron chi connectivity index (χ0n) is 12.9. The molecule has 2 rings (SSSR count). The van der Waals surface area contributed by atoms with Gasteiger partial charge in [0.2, 0.25) is 0 Å². The Balaban J connectivity index is 2.15. The summed E-state index contributed by atoms with van der Waals surface area (Å²) >= 11 is 0. The molecular formula is C16H15F3N2O3. The van der Waals surface area contributed by atoms with Crippen molar-refractivity contribution in [3.8, 4) is 11.5 Å². The number of rotatable bonds is 5. The number of para-hydroxylation sites is 1. The number of hydrogen-bond donors (Lipinski definition) is 2. The summed E-state index contributed by atoms with van der Waals surface area (Å²) in [5, 5.41) is 0. The number of anilines is 1. The Hall–Kier alpha value is -2.90. The summed E-state index contributed by atoms with van der Waals surface area (Å²) in [5.41, 5.74) is 3.59. The van der Waals surface area contributed by atoms with Crippen LogP contribution in [0.25, 0.3) is 0 Å². The van der Waals surface area contributed by atoms with E-state index in [0.717, 1.165) is 6.07 Å². The Morgan fingerprint density at radius 2 is 1.67 bits per heavy atom. The number of alkyl halides is 3. The molecule has 24 heavy (non-hydrogen) atoms. The summed E-state index contributed by atoms with van der Waals surface area (Å²) in [7, 11) is 2.87. The molecule has 0 saturated heterocycles. The lowest BCUT2D eigenvalue weighted by Crippen LogP contribution is -2.30. The average molecular weight is 340 g/mol. The van der Waals surface area contributed by atoms with Gasteiger partial charge in [0.15, 0.2) is 11.5 Å². The first-order chi connectivity index (χ1) is 11.4. The van der Waals surface area contributed by atoms with E-state index in [4.69, 9.17) is 9.47 Å². The second kappa shape index (κ2) is 7.12. The molecule has 2 aromatic carbocycles. The van der Waals surface area contributed by atoms with Gasteiger partial charge in [0.05, 0.1) is 25.5 Å². The van der Waals surface area contributed by atoms with E-state index < -0.39 is 17.6 Å². The van der Waals surface area contributed by atoms with E-state index in [0.29, 0.717) is 11.5 Å². The maximum absolute atomic E-state index is 12.9. The number of halogens is 3. The van der Waals surface area contributed by atoms with E-state index in [-0.39, 0.29) is 11.3 Å². The first kappa shape index (κ1) is 17.5. The highest BCUT2D eigenvalue weighted by Crippen LogP contribution is 2.34. The summed E-state index contributed by atoms with van der Waals surface area (Å²) < 4.78 is 48.8. The fourth-order valence-electron chi connectivity index (χ4n) is 2.01. The van der Waals surface area contributed by atoms with Gasteiger partial charge in [-0.3, -0.25) is 15.6 Å². The molecule has 5 nitrogen and oxygen atoms in total. The Bertz CT molecular complexity index is 733. The molecule has 0 bridgehead atoms. The van der Waals surface area contributed by atoms with Gasteiger partial charge in [-0.2, -0.15) is 13.2 Å². The van der Waals surface area contributed by atoms with Crippen LogP contribution in [0.1, 0.15) is 15.9 Å². The predicted molar refractivity (Wildman–Crippen MR) is 82.1 cm³/mol. The smallest absolute Gasteiger partial charge is 0.418 e. The third-order valence-electron chi connectivity index (χ3n) is 3.19. The van der Waals surface area contributed by atoms with Gasteiger partial charge in [0.25, 0.3) is 5.91 Å². The molecule has 0 atom stereocenters. The van der Waals surface area contributed by atoms with Crippen LogP contribution in [0.5, 0.6) is 11.5 Å². The predicted octanol–water partition coefficient (Wildman–Crippen LogP) is 3.48. The highest BCUT2D eigenvalue weighted by Gasteiger charge is 2.33. The van der Waals surface area contributed by atoms with E-state index >= 15 is 0 Å². The first-order valence-electron chi connectivity index (χ1n) is 6.81. The third kappa shape index (κ3) is 3.89. The zero-order chi connectivity index (χ0) is 17.7. The van der Waals surface area contributed by atoms with Gasteiger partial charge in [-0.15, -0.1) is 0 Å². The molecule has 1 amide bonds. The fourth-order valence-corrected chi connectivity index (χ4v) is 2.01. The van der Waals surface area contributed by atoms with Gasteiger partial charge in [0.1, 0.15) is 0 Å². The number of hydrogen-bond acceptors (Lipinski definition) is 4. The lowest BCUT2D eigenvalue weighted by atomic mass is 10.1. The molecular weight excluding hydrogens is 325 g/mol. The van der Waals surface area contributed by atoms with Crippen LogP contribution in [0.2, 0.25) is 0 Å². The summed E-state index contributed by atoms with van der Waals surface area (Å²) in [4.78, 5) is 12.1. The molecule has 8 heteroatoms. The van der Waals surface area contributed by atoms with Gasteiger partial charge < -0.3 is 9.47 Å². The van der Waals surface area contributed by atoms with Crippen LogP contribution in [-0.4, -0.2) is 20.1 Å². The number of methoxy groups -OCH3 is 2. The minimum Gasteiger partial charge on any atom is -0.493 e. The maximum atomic E-state index is 12.9. The number of carbonyl (C=O) groups excluding carboxylic acids is 1. The Labute approximate surface area is 136 Å². The molecule has 0 unspecified atom stereocenters. The number of nitrogens with one attached hydrogen (secondary N) is 2. The van der Waals surface area contributed by atoms with Crippen molar-refractivity contribution >= 4 is 11.6 Å². The monoisotopic (exact) mass is 340 g/mol. The van der Waals surface area contributed by atoms with Crippen molar-refractivity contribution in [3.63, 3.8) is 0 Å². The van der Waals surface area contributed by atoms with Crippen molar-refractivity contribution in [1.82, 2.24) is 5.43 Å². The van der Waals surface area contributed by atoms with Crippen molar-refractivity contribution in [2.45, 2.75) is 6.18 Å². The fraction of sp³-hybridized carbons (Fsp3) is 0.188. The van der Waals surface area contributed by atoms with Crippen LogP contribution in [0.15, 0.2) is 42.5 Å². The molecule has 2 aromatic rings. The lowest BCUT2D eigenvalue weighted by molar-refractivity contribution is -0.137. The molecule has 0 fully saturated rings. The topological polar surface area (TPSA) is 59.6 Å². The van der Waals surface area contributed by atoms with Crippen molar-refractivity contribution in [3.05, 3.63) is 53.6 Å². The average Bonchev–Trinajstić information content (AvgIpc) is 2.58. The van der Waals surface area contributed by atoms with E-state index in [2.05, 4.69) is 10.9 Å². The molecule has 0 aliphatic carbocycles. The van der Waals surface area contributed by atoms with Gasteiger partial charge in [0, 0.05) is 5.56 Å². The molecule has 0 aliphatic rings. The van der Waals surface area contributed by atoms with E-state index in [1.165, 1.54) is 50.6 Å². The molecule has 2 N–H and O–H groups in total. The van der Waals surface area contributed by atoms with Crippen molar-refractivity contribution in [2.24, 2.45) is 0 Å². The van der Waals surface area contributed by atoms with Crippen LogP contribution < -0.4 is 20.3 Å². The van der Waals surface area contributed by atoms with Gasteiger partial charge in [-0.1, -0.05) is 12.1 Å². The maximum Gasteiger partial charge on any atom is 0.418 e. The van der Waals surface area contributed by atoms with Crippen LogP contribution in [0.4, 0.5) is 18.9 Å². The van der Waals surface area contributed by atoms with Crippen LogP contribution in [0.3, 0.4) is 0 Å². The molecule has 0 heterocycles. The highest BCUT2D eigenvalue weighted by atomic mass is 19.4. The Kier molecular flexibility index (Phi) is 5.18. The number of carbonyl (C=O) groups is 1. The Morgan fingerprint density at radius 3 is 2.29 bits per heavy atom. The highest BCUT2D eigenvalue weighted by molar-refractivity contribution is 5.95. The number of amides is 1. The first-order valence-corrected chi connectivity index (χ1v) is 6.81. The van der Waals surface area contributed by atoms with Gasteiger partial charge in [-0.05, 0) is 30.3 Å². The molecule has 128 valence electrons. The minimum atomic E-state index is -4.53. The summed E-state index contributed by atoms with van der Waals surface area (Å²) in [6.45, 7) is 0. The number of benzene rings is 2. The number of hydrazine groups is 1. The largest absolute Gasteiger partial charge is 0.493 e. The van der Waals surface area contributed by atoms with E-state index in [1.807, 2.05) is 0 Å². The van der Waals surface area contributed by atoms with Crippen molar-refractivity contribution < 1.29 is 27.4 Å². The minimum absolute atomic E-state index is 0.199. The summed E-state index contributed by atoms with van der Waals surface area (Å²) in [6.07, 6.45) is -4.53. The molecule has 0 aromatic heterocycles. The van der Waals surface area contributed by atoms with E-state index in [1.54, 1.807) is 0 Å². The third-order valence-corrected chi connectivity index (χ3v) is 3.19. The molecule has 0 radical (unpaired) electrons. The molecule has 0 aliphatic heterocycles. The Morgan fingerprint density at radius 1 is 1.00 bits per heavy atom. The second-order valence-corrected chi connectivity index (χ2v) is 4.69. The second-order valence-electron chi connectivity index (χ2n) is 4.69. The summed E-state index contributed by atoms with van der Waals surface area (Å²) in [5.74, 6) is 0.151. The van der Waals surface area contributed by atoms with Gasteiger partial charge >= 0.3 is 6.18 Å². The number of ether oxygens (including phenoxy) is 2. The van der Waals surface area contributed by atoms with Crippen LogP contribution in [0, 0.1) is 0 Å². The summed E-state index contributed by atoms with van der Waals surface area (Å²) in [6, 6.07) is 9.25. The van der Waals surface area contributed by atoms with Crippen LogP contribution in [-0.2, 0) is 6.18 Å². The van der Waals surface area contributed by atoms with Gasteiger partial charge in [-0.25, -0.2) is 0 Å².